The molecule has 0 fully saturated rings. The van der Waals surface area contributed by atoms with Crippen molar-refractivity contribution in [1.82, 2.24) is 5.32 Å². The fourth-order valence-corrected chi connectivity index (χ4v) is 2.02. The van der Waals surface area contributed by atoms with Crippen molar-refractivity contribution in [1.29, 1.82) is 0 Å². The second kappa shape index (κ2) is 6.39. The Kier molecular flexibility index (Phi) is 5.15. The van der Waals surface area contributed by atoms with E-state index >= 15 is 0 Å². The number of carbonyl (C=O) groups is 2. The highest BCUT2D eigenvalue weighted by atomic mass is 16.5. The fourth-order valence-electron chi connectivity index (χ4n) is 2.02. The van der Waals surface area contributed by atoms with Crippen LogP contribution in [-0.2, 0) is 14.3 Å². The lowest BCUT2D eigenvalue weighted by Gasteiger charge is -2.25. The van der Waals surface area contributed by atoms with E-state index in [1.54, 1.807) is 7.11 Å². The first-order valence-corrected chi connectivity index (χ1v) is 5.73. The molecule has 0 heterocycles. The Labute approximate surface area is 101 Å². The summed E-state index contributed by atoms with van der Waals surface area (Å²) in [4.78, 5) is 23.0. The molecule has 3 atom stereocenters. The predicted molar refractivity (Wildman–Crippen MR) is 62.5 cm³/mol. The van der Waals surface area contributed by atoms with Gasteiger partial charge in [-0.3, -0.25) is 9.59 Å². The summed E-state index contributed by atoms with van der Waals surface area (Å²) >= 11 is 0. The van der Waals surface area contributed by atoms with Crippen molar-refractivity contribution < 1.29 is 19.4 Å². The van der Waals surface area contributed by atoms with Gasteiger partial charge in [-0.2, -0.15) is 0 Å². The summed E-state index contributed by atoms with van der Waals surface area (Å²) in [5.41, 5.74) is 0. The lowest BCUT2D eigenvalue weighted by Crippen LogP contribution is -2.43. The number of rotatable bonds is 5. The molecule has 5 nitrogen and oxygen atoms in total. The van der Waals surface area contributed by atoms with Crippen molar-refractivity contribution in [3.8, 4) is 0 Å². The van der Waals surface area contributed by atoms with Crippen LogP contribution in [0.2, 0.25) is 0 Å². The van der Waals surface area contributed by atoms with Gasteiger partial charge >= 0.3 is 5.97 Å². The first-order chi connectivity index (χ1) is 8.06. The molecule has 0 radical (unpaired) electrons. The number of carbonyl (C=O) groups excluding carboxylic acids is 1. The normalized spacial score (nSPS) is 25.3. The Balaban J connectivity index is 2.60. The molecule has 1 aliphatic rings. The molecule has 2 N–H and O–H groups in total. The third-order valence-electron chi connectivity index (χ3n) is 2.89. The zero-order valence-electron chi connectivity index (χ0n) is 10.2. The molecule has 0 bridgehead atoms. The molecule has 0 saturated heterocycles. The summed E-state index contributed by atoms with van der Waals surface area (Å²) < 4.78 is 4.92. The van der Waals surface area contributed by atoms with E-state index in [1.165, 1.54) is 0 Å². The average Bonchev–Trinajstić information content (AvgIpc) is 2.29. The number of aliphatic carboxylic acids is 1. The van der Waals surface area contributed by atoms with Gasteiger partial charge in [0.05, 0.1) is 18.4 Å². The van der Waals surface area contributed by atoms with E-state index in [0.717, 1.165) is 0 Å². The Bertz CT molecular complexity index is 314. The van der Waals surface area contributed by atoms with Crippen LogP contribution >= 0.6 is 0 Å². The molecule has 0 aromatic carbocycles. The van der Waals surface area contributed by atoms with Gasteiger partial charge in [0.15, 0.2) is 0 Å². The van der Waals surface area contributed by atoms with Gasteiger partial charge in [0.25, 0.3) is 0 Å². The summed E-state index contributed by atoms with van der Waals surface area (Å²) in [6.07, 6.45) is 4.60. The number of hydrogen-bond donors (Lipinski definition) is 2. The topological polar surface area (TPSA) is 75.6 Å². The van der Waals surface area contributed by atoms with Gasteiger partial charge in [0, 0.05) is 13.2 Å². The van der Waals surface area contributed by atoms with Gasteiger partial charge in [-0.15, -0.1) is 0 Å². The highest BCUT2D eigenvalue weighted by molar-refractivity contribution is 5.85. The quantitative estimate of drug-likeness (QED) is 0.698. The van der Waals surface area contributed by atoms with Crippen LogP contribution in [-0.4, -0.2) is 36.7 Å². The summed E-state index contributed by atoms with van der Waals surface area (Å²) in [7, 11) is 1.56. The Morgan fingerprint density at radius 1 is 1.41 bits per heavy atom. The van der Waals surface area contributed by atoms with Gasteiger partial charge in [0.2, 0.25) is 5.91 Å². The number of hydrogen-bond acceptors (Lipinski definition) is 3. The predicted octanol–water partition coefficient (Wildman–Crippen LogP) is 0.804. The van der Waals surface area contributed by atoms with Crippen molar-refractivity contribution in [3.63, 3.8) is 0 Å². The smallest absolute Gasteiger partial charge is 0.307 e. The van der Waals surface area contributed by atoms with E-state index in [4.69, 9.17) is 9.84 Å². The van der Waals surface area contributed by atoms with Crippen LogP contribution in [0.25, 0.3) is 0 Å². The number of amides is 1. The maximum Gasteiger partial charge on any atom is 0.307 e. The highest BCUT2D eigenvalue weighted by Crippen LogP contribution is 2.26. The van der Waals surface area contributed by atoms with E-state index in [0.29, 0.717) is 19.4 Å². The molecular formula is C12H19NO4. The minimum absolute atomic E-state index is 0.104. The first kappa shape index (κ1) is 13.7. The van der Waals surface area contributed by atoms with E-state index in [1.807, 2.05) is 19.1 Å². The van der Waals surface area contributed by atoms with E-state index < -0.39 is 17.8 Å². The van der Waals surface area contributed by atoms with Crippen molar-refractivity contribution in [3.05, 3.63) is 12.2 Å². The first-order valence-electron chi connectivity index (χ1n) is 5.73. The molecule has 96 valence electrons. The molecule has 1 unspecified atom stereocenters. The van der Waals surface area contributed by atoms with Crippen LogP contribution in [0.5, 0.6) is 0 Å². The number of methoxy groups -OCH3 is 1. The molecule has 0 aromatic rings. The third kappa shape index (κ3) is 3.85. The number of ether oxygens (including phenoxy) is 1. The van der Waals surface area contributed by atoms with Gasteiger partial charge in [-0.25, -0.2) is 0 Å². The minimum atomic E-state index is -0.908. The Hall–Kier alpha value is -1.36. The van der Waals surface area contributed by atoms with Crippen LogP contribution in [0.3, 0.4) is 0 Å². The van der Waals surface area contributed by atoms with E-state index in [2.05, 4.69) is 5.32 Å². The molecule has 5 heteroatoms. The van der Waals surface area contributed by atoms with Gasteiger partial charge in [-0.1, -0.05) is 12.2 Å². The third-order valence-corrected chi connectivity index (χ3v) is 2.89. The molecule has 0 saturated carbocycles. The van der Waals surface area contributed by atoms with Crippen LogP contribution < -0.4 is 5.32 Å². The van der Waals surface area contributed by atoms with E-state index in [-0.39, 0.29) is 11.9 Å². The van der Waals surface area contributed by atoms with Crippen molar-refractivity contribution in [2.45, 2.75) is 25.8 Å². The number of allylic oxidation sites excluding steroid dienone is 2. The van der Waals surface area contributed by atoms with Gasteiger partial charge in [0.1, 0.15) is 0 Å². The molecule has 1 aliphatic carbocycles. The Morgan fingerprint density at radius 3 is 2.53 bits per heavy atom. The summed E-state index contributed by atoms with van der Waals surface area (Å²) in [6.45, 7) is 2.25. The van der Waals surface area contributed by atoms with Crippen LogP contribution in [0.1, 0.15) is 19.8 Å². The van der Waals surface area contributed by atoms with Crippen molar-refractivity contribution in [2.24, 2.45) is 11.8 Å². The average molecular weight is 241 g/mol. The molecule has 1 amide bonds. The molecule has 17 heavy (non-hydrogen) atoms. The molecular weight excluding hydrogens is 222 g/mol. The largest absolute Gasteiger partial charge is 0.481 e. The minimum Gasteiger partial charge on any atom is -0.481 e. The number of carboxylic acids is 1. The molecule has 0 aromatic heterocycles. The maximum atomic E-state index is 11.9. The van der Waals surface area contributed by atoms with Crippen LogP contribution in [0.15, 0.2) is 12.2 Å². The SMILES string of the molecule is COCC(C)NC(=O)[C@@H]1CC=CC[C@@H]1C(=O)O. The Morgan fingerprint density at radius 2 is 2.00 bits per heavy atom. The lowest BCUT2D eigenvalue weighted by molar-refractivity contribution is -0.147. The summed E-state index contributed by atoms with van der Waals surface area (Å²) in [6, 6.07) is -0.104. The van der Waals surface area contributed by atoms with Gasteiger partial charge in [-0.05, 0) is 19.8 Å². The number of carboxylic acid groups (broad SMARTS) is 1. The number of nitrogens with one attached hydrogen (secondary N) is 1. The second-order valence-corrected chi connectivity index (χ2v) is 4.36. The molecule has 0 aliphatic heterocycles. The second-order valence-electron chi connectivity index (χ2n) is 4.36. The van der Waals surface area contributed by atoms with Crippen LogP contribution in [0, 0.1) is 11.8 Å². The lowest BCUT2D eigenvalue weighted by atomic mass is 9.82. The van der Waals surface area contributed by atoms with E-state index in [9.17, 15) is 9.59 Å². The zero-order chi connectivity index (χ0) is 12.8. The molecule has 1 rings (SSSR count). The van der Waals surface area contributed by atoms with Crippen molar-refractivity contribution in [2.75, 3.05) is 13.7 Å². The summed E-state index contributed by atoms with van der Waals surface area (Å²) in [5.74, 6) is -2.20. The standard InChI is InChI=1S/C12H19NO4/c1-8(7-17-2)13-11(14)9-5-3-4-6-10(9)12(15)16/h3-4,8-10H,5-7H2,1-2H3,(H,13,14)(H,15,16)/t8?,9-,10+/m1/s1. The van der Waals surface area contributed by atoms with Crippen LogP contribution in [0.4, 0.5) is 0 Å². The maximum absolute atomic E-state index is 11.9. The monoisotopic (exact) mass is 241 g/mol. The highest BCUT2D eigenvalue weighted by Gasteiger charge is 2.34. The molecule has 0 spiro atoms. The zero-order valence-corrected chi connectivity index (χ0v) is 10.2. The van der Waals surface area contributed by atoms with Crippen molar-refractivity contribution >= 4 is 11.9 Å². The summed E-state index contributed by atoms with van der Waals surface area (Å²) in [5, 5.41) is 11.8. The van der Waals surface area contributed by atoms with Gasteiger partial charge < -0.3 is 15.2 Å². The fraction of sp³-hybridized carbons (Fsp3) is 0.667.